The van der Waals surface area contributed by atoms with Gasteiger partial charge in [0.25, 0.3) is 0 Å². The summed E-state index contributed by atoms with van der Waals surface area (Å²) < 4.78 is 25.1. The lowest BCUT2D eigenvalue weighted by molar-refractivity contribution is 0.570. The highest BCUT2D eigenvalue weighted by molar-refractivity contribution is 7.90. The van der Waals surface area contributed by atoms with Crippen LogP contribution in [0.4, 0.5) is 5.69 Å². The first-order valence-corrected chi connectivity index (χ1v) is 9.16. The molecule has 2 rings (SSSR count). The summed E-state index contributed by atoms with van der Waals surface area (Å²) in [5.74, 6) is -0.0853. The van der Waals surface area contributed by atoms with Gasteiger partial charge in [0.2, 0.25) is 0 Å². The van der Waals surface area contributed by atoms with E-state index in [1.54, 1.807) is 19.1 Å². The maximum absolute atomic E-state index is 12.5. The summed E-state index contributed by atoms with van der Waals surface area (Å²) in [6, 6.07) is 4.95. The van der Waals surface area contributed by atoms with Crippen LogP contribution >= 0.6 is 11.3 Å². The second-order valence-corrected chi connectivity index (χ2v) is 9.06. The van der Waals surface area contributed by atoms with Crippen molar-refractivity contribution in [2.75, 3.05) is 5.73 Å². The molecule has 0 radical (unpaired) electrons. The molecule has 2 N–H and O–H groups in total. The maximum Gasteiger partial charge on any atom is 0.185 e. The molecule has 0 spiro atoms. The van der Waals surface area contributed by atoms with Crippen molar-refractivity contribution in [3.05, 3.63) is 39.8 Å². The van der Waals surface area contributed by atoms with E-state index in [2.05, 4.69) is 25.8 Å². The topological polar surface area (TPSA) is 73.1 Å². The van der Waals surface area contributed by atoms with E-state index in [9.17, 15) is 8.42 Å². The fourth-order valence-corrected chi connectivity index (χ4v) is 4.88. The molecule has 0 fully saturated rings. The van der Waals surface area contributed by atoms with Crippen molar-refractivity contribution < 1.29 is 8.42 Å². The van der Waals surface area contributed by atoms with Gasteiger partial charge in [-0.2, -0.15) is 0 Å². The number of sulfone groups is 1. The van der Waals surface area contributed by atoms with Gasteiger partial charge in [0.1, 0.15) is 10.8 Å². The number of nitrogens with zero attached hydrogens (tertiary/aromatic N) is 1. The Morgan fingerprint density at radius 2 is 1.95 bits per heavy atom. The number of anilines is 1. The molecule has 4 nitrogen and oxygen atoms in total. The third-order valence-electron chi connectivity index (χ3n) is 3.18. The van der Waals surface area contributed by atoms with Crippen LogP contribution < -0.4 is 5.73 Å². The second-order valence-electron chi connectivity index (χ2n) is 6.16. The number of thiazole rings is 1. The third-order valence-corrected chi connectivity index (χ3v) is 5.98. The van der Waals surface area contributed by atoms with Crippen LogP contribution in [0.5, 0.6) is 0 Å². The molecule has 0 aliphatic rings. The van der Waals surface area contributed by atoms with Crippen LogP contribution in [0, 0.1) is 6.92 Å². The molecular formula is C15H20N2O2S2. The normalized spacial score (nSPS) is 12.6. The van der Waals surface area contributed by atoms with Gasteiger partial charge in [0, 0.05) is 16.5 Å². The summed E-state index contributed by atoms with van der Waals surface area (Å²) in [4.78, 5) is 4.74. The Labute approximate surface area is 130 Å². The van der Waals surface area contributed by atoms with Crippen LogP contribution in [-0.2, 0) is 21.0 Å². The minimum absolute atomic E-state index is 0.0778. The number of aromatic nitrogens is 1. The number of rotatable bonds is 3. The zero-order valence-corrected chi connectivity index (χ0v) is 14.3. The number of nitrogen functional groups attached to an aromatic ring is 1. The predicted octanol–water partition coefficient (Wildman–Crippen LogP) is 3.31. The first-order chi connectivity index (χ1) is 9.59. The molecule has 1 aromatic carbocycles. The molecule has 21 heavy (non-hydrogen) atoms. The van der Waals surface area contributed by atoms with Crippen molar-refractivity contribution in [1.82, 2.24) is 4.98 Å². The maximum atomic E-state index is 12.5. The van der Waals surface area contributed by atoms with Gasteiger partial charge in [-0.25, -0.2) is 13.4 Å². The van der Waals surface area contributed by atoms with Crippen LogP contribution in [0.25, 0.3) is 0 Å². The average Bonchev–Trinajstić information content (AvgIpc) is 2.79. The Kier molecular flexibility index (Phi) is 4.13. The van der Waals surface area contributed by atoms with Gasteiger partial charge in [-0.3, -0.25) is 0 Å². The van der Waals surface area contributed by atoms with Crippen molar-refractivity contribution in [2.45, 2.75) is 43.8 Å². The number of hydrogen-bond acceptors (Lipinski definition) is 5. The Morgan fingerprint density at radius 3 is 2.52 bits per heavy atom. The fourth-order valence-electron chi connectivity index (χ4n) is 1.91. The third kappa shape index (κ3) is 3.63. The first-order valence-electron chi connectivity index (χ1n) is 6.63. The number of nitrogens with two attached hydrogens (primary N) is 1. The first kappa shape index (κ1) is 16.0. The van der Waals surface area contributed by atoms with E-state index < -0.39 is 9.84 Å². The SMILES string of the molecule is Cc1ccc(N)cc1S(=O)(=O)Cc1nc(C(C)(C)C)cs1. The smallest absolute Gasteiger partial charge is 0.185 e. The highest BCUT2D eigenvalue weighted by Crippen LogP contribution is 2.27. The molecule has 6 heteroatoms. The van der Waals surface area contributed by atoms with Crippen LogP contribution in [0.3, 0.4) is 0 Å². The Hall–Kier alpha value is -1.40. The molecular weight excluding hydrogens is 304 g/mol. The molecule has 114 valence electrons. The van der Waals surface area contributed by atoms with Crippen molar-refractivity contribution in [1.29, 1.82) is 0 Å². The monoisotopic (exact) mass is 324 g/mol. The fraction of sp³-hybridized carbons (Fsp3) is 0.400. The van der Waals surface area contributed by atoms with Crippen molar-refractivity contribution in [2.24, 2.45) is 0 Å². The molecule has 0 unspecified atom stereocenters. The van der Waals surface area contributed by atoms with Crippen molar-refractivity contribution >= 4 is 26.9 Å². The molecule has 2 aromatic rings. The minimum atomic E-state index is -3.43. The lowest BCUT2D eigenvalue weighted by Gasteiger charge is -2.14. The molecule has 1 aromatic heterocycles. The summed E-state index contributed by atoms with van der Waals surface area (Å²) in [7, 11) is -3.43. The Balaban J connectivity index is 2.34. The molecule has 1 heterocycles. The summed E-state index contributed by atoms with van der Waals surface area (Å²) in [6.07, 6.45) is 0. The molecule has 0 amide bonds. The van der Waals surface area contributed by atoms with Crippen molar-refractivity contribution in [3.63, 3.8) is 0 Å². The number of benzene rings is 1. The Morgan fingerprint density at radius 1 is 1.29 bits per heavy atom. The van der Waals surface area contributed by atoms with E-state index >= 15 is 0 Å². The summed E-state index contributed by atoms with van der Waals surface area (Å²) >= 11 is 1.39. The zero-order valence-electron chi connectivity index (χ0n) is 12.7. The largest absolute Gasteiger partial charge is 0.399 e. The highest BCUT2D eigenvalue weighted by atomic mass is 32.2. The highest BCUT2D eigenvalue weighted by Gasteiger charge is 2.22. The lowest BCUT2D eigenvalue weighted by Crippen LogP contribution is -2.12. The van der Waals surface area contributed by atoms with Crippen LogP contribution in [0.2, 0.25) is 0 Å². The van der Waals surface area contributed by atoms with Gasteiger partial charge in [-0.05, 0) is 24.6 Å². The molecule has 0 saturated heterocycles. The minimum Gasteiger partial charge on any atom is -0.399 e. The van der Waals surface area contributed by atoms with E-state index in [4.69, 9.17) is 5.73 Å². The molecule has 0 bridgehead atoms. The van der Waals surface area contributed by atoms with Gasteiger partial charge in [0.05, 0.1) is 10.6 Å². The molecule has 0 aliphatic carbocycles. The standard InChI is InChI=1S/C15H20N2O2S2/c1-10-5-6-11(16)7-12(10)21(18,19)9-14-17-13(8-20-14)15(2,3)4/h5-8H,9,16H2,1-4H3. The average molecular weight is 324 g/mol. The van der Waals surface area contributed by atoms with Crippen molar-refractivity contribution in [3.8, 4) is 0 Å². The van der Waals surface area contributed by atoms with Gasteiger partial charge in [0.15, 0.2) is 9.84 Å². The van der Waals surface area contributed by atoms with Gasteiger partial charge >= 0.3 is 0 Å². The summed E-state index contributed by atoms with van der Waals surface area (Å²) in [5, 5.41) is 2.54. The van der Waals surface area contributed by atoms with Crippen LogP contribution in [0.1, 0.15) is 37.0 Å². The van der Waals surface area contributed by atoms with E-state index in [1.807, 2.05) is 5.38 Å². The molecule has 0 saturated carbocycles. The molecule has 0 aliphatic heterocycles. The second kappa shape index (κ2) is 5.42. The van der Waals surface area contributed by atoms with Gasteiger partial charge < -0.3 is 5.73 Å². The Bertz CT molecular complexity index is 756. The zero-order chi connectivity index (χ0) is 15.8. The van der Waals surface area contributed by atoms with E-state index in [1.165, 1.54) is 17.4 Å². The van der Waals surface area contributed by atoms with Gasteiger partial charge in [-0.15, -0.1) is 11.3 Å². The summed E-state index contributed by atoms with van der Waals surface area (Å²) in [5.41, 5.74) is 7.70. The lowest BCUT2D eigenvalue weighted by atomic mass is 9.93. The van der Waals surface area contributed by atoms with E-state index in [0.717, 1.165) is 5.69 Å². The van der Waals surface area contributed by atoms with E-state index in [0.29, 0.717) is 16.3 Å². The van der Waals surface area contributed by atoms with Gasteiger partial charge in [-0.1, -0.05) is 26.8 Å². The quantitative estimate of drug-likeness (QED) is 0.879. The number of aryl methyl sites for hydroxylation is 1. The van der Waals surface area contributed by atoms with E-state index in [-0.39, 0.29) is 16.1 Å². The number of hydrogen-bond donors (Lipinski definition) is 1. The molecule has 0 atom stereocenters. The predicted molar refractivity (Wildman–Crippen MR) is 87.3 cm³/mol. The summed E-state index contributed by atoms with van der Waals surface area (Å²) in [6.45, 7) is 7.95. The van der Waals surface area contributed by atoms with Crippen LogP contribution in [-0.4, -0.2) is 13.4 Å². The van der Waals surface area contributed by atoms with Crippen LogP contribution in [0.15, 0.2) is 28.5 Å².